The maximum atomic E-state index is 12.4. The molecule has 0 atom stereocenters. The van der Waals surface area contributed by atoms with Gasteiger partial charge in [-0.1, -0.05) is 0 Å². The van der Waals surface area contributed by atoms with Gasteiger partial charge in [0.25, 0.3) is 5.91 Å². The molecule has 116 valence electrons. The van der Waals surface area contributed by atoms with Gasteiger partial charge in [-0.3, -0.25) is 9.36 Å². The number of aryl methyl sites for hydroxylation is 2. The molecule has 1 N–H and O–H groups in total. The fourth-order valence-electron chi connectivity index (χ4n) is 2.84. The predicted octanol–water partition coefficient (Wildman–Crippen LogP) is 2.75. The Bertz CT molecular complexity index is 817. The zero-order valence-electron chi connectivity index (χ0n) is 12.5. The Kier molecular flexibility index (Phi) is 3.67. The number of hydrogen-bond acceptors (Lipinski definition) is 4. The Balaban J connectivity index is 1.45. The van der Waals surface area contributed by atoms with E-state index < -0.39 is 0 Å². The van der Waals surface area contributed by atoms with Crippen LogP contribution in [0.1, 0.15) is 32.1 Å². The van der Waals surface area contributed by atoms with Crippen LogP contribution in [0.2, 0.25) is 0 Å². The van der Waals surface area contributed by atoms with E-state index in [0.29, 0.717) is 17.9 Å². The Morgan fingerprint density at radius 3 is 3.09 bits per heavy atom. The first-order valence-corrected chi connectivity index (χ1v) is 8.44. The molecule has 1 amide bonds. The molecule has 0 radical (unpaired) electrons. The third-order valence-corrected chi connectivity index (χ3v) is 5.23. The van der Waals surface area contributed by atoms with E-state index in [-0.39, 0.29) is 5.91 Å². The van der Waals surface area contributed by atoms with Crippen LogP contribution < -0.4 is 5.32 Å². The first-order valence-electron chi connectivity index (χ1n) is 7.62. The molecular formula is C17H16N4OS. The number of thiophene rings is 1. The van der Waals surface area contributed by atoms with Crippen LogP contribution in [0.25, 0.3) is 5.82 Å². The first-order chi connectivity index (χ1) is 11.3. The molecule has 0 bridgehead atoms. The summed E-state index contributed by atoms with van der Waals surface area (Å²) in [6, 6.07) is 5.73. The minimum absolute atomic E-state index is 0.0812. The molecule has 5 nitrogen and oxygen atoms in total. The van der Waals surface area contributed by atoms with Gasteiger partial charge < -0.3 is 5.32 Å². The van der Waals surface area contributed by atoms with Crippen LogP contribution in [0, 0.1) is 0 Å². The van der Waals surface area contributed by atoms with Gasteiger partial charge in [-0.15, -0.1) is 11.3 Å². The maximum absolute atomic E-state index is 12.4. The summed E-state index contributed by atoms with van der Waals surface area (Å²) in [5.74, 6) is 0.604. The molecule has 0 unspecified atom stereocenters. The van der Waals surface area contributed by atoms with E-state index in [1.165, 1.54) is 34.6 Å². The minimum Gasteiger partial charge on any atom is -0.347 e. The third kappa shape index (κ3) is 2.90. The summed E-state index contributed by atoms with van der Waals surface area (Å²) in [5.41, 5.74) is 2.07. The van der Waals surface area contributed by atoms with Crippen molar-refractivity contribution in [1.29, 1.82) is 0 Å². The van der Waals surface area contributed by atoms with Crippen molar-refractivity contribution in [3.63, 3.8) is 0 Å². The van der Waals surface area contributed by atoms with E-state index in [1.54, 1.807) is 41.6 Å². The van der Waals surface area contributed by atoms with Gasteiger partial charge in [0.2, 0.25) is 0 Å². The van der Waals surface area contributed by atoms with E-state index in [1.807, 2.05) is 11.3 Å². The number of pyridine rings is 1. The Labute approximate surface area is 138 Å². The number of carbonyl (C=O) groups is 1. The van der Waals surface area contributed by atoms with E-state index >= 15 is 0 Å². The fourth-order valence-corrected chi connectivity index (χ4v) is 4.04. The summed E-state index contributed by atoms with van der Waals surface area (Å²) < 4.78 is 1.78. The number of carbonyl (C=O) groups excluding carboxylic acids is 1. The number of rotatable bonds is 4. The molecule has 6 heteroatoms. The van der Waals surface area contributed by atoms with Crippen molar-refractivity contribution in [3.8, 4) is 5.82 Å². The lowest BCUT2D eigenvalue weighted by Gasteiger charge is -2.06. The second-order valence-corrected chi connectivity index (χ2v) is 6.79. The highest BCUT2D eigenvalue weighted by Crippen LogP contribution is 2.30. The molecule has 4 rings (SSSR count). The molecule has 3 heterocycles. The largest absolute Gasteiger partial charge is 0.347 e. The van der Waals surface area contributed by atoms with Crippen LogP contribution in [0.15, 0.2) is 43.1 Å². The number of imidazole rings is 1. The lowest BCUT2D eigenvalue weighted by molar-refractivity contribution is 0.0951. The molecule has 0 fully saturated rings. The number of amides is 1. The summed E-state index contributed by atoms with van der Waals surface area (Å²) in [7, 11) is 0. The molecule has 3 aromatic rings. The highest BCUT2D eigenvalue weighted by atomic mass is 32.1. The smallest absolute Gasteiger partial charge is 0.251 e. The molecule has 0 saturated heterocycles. The zero-order valence-corrected chi connectivity index (χ0v) is 13.3. The van der Waals surface area contributed by atoms with E-state index in [4.69, 9.17) is 0 Å². The van der Waals surface area contributed by atoms with E-state index in [0.717, 1.165) is 0 Å². The van der Waals surface area contributed by atoms with Gasteiger partial charge in [0, 0.05) is 33.9 Å². The van der Waals surface area contributed by atoms with Crippen LogP contribution in [0.3, 0.4) is 0 Å². The average Bonchev–Trinajstić information content (AvgIpc) is 3.29. The summed E-state index contributed by atoms with van der Waals surface area (Å²) >= 11 is 1.82. The lowest BCUT2D eigenvalue weighted by Crippen LogP contribution is -2.22. The standard InChI is InChI=1S/C17H16N4OS/c22-17(20-10-14-8-12-2-1-3-15(12)23-14)13-4-5-19-16(9-13)21-7-6-18-11-21/h4-9,11H,1-3,10H2,(H,20,22). The van der Waals surface area contributed by atoms with Gasteiger partial charge in [0.15, 0.2) is 0 Å². The van der Waals surface area contributed by atoms with Crippen LogP contribution in [0.4, 0.5) is 0 Å². The SMILES string of the molecule is O=C(NCc1cc2c(s1)CCC2)c1ccnc(-n2ccnc2)c1. The molecule has 0 aromatic carbocycles. The predicted molar refractivity (Wildman–Crippen MR) is 88.9 cm³/mol. The van der Waals surface area contributed by atoms with Crippen molar-refractivity contribution in [1.82, 2.24) is 19.9 Å². The monoisotopic (exact) mass is 324 g/mol. The van der Waals surface area contributed by atoms with Gasteiger partial charge in [0.1, 0.15) is 12.1 Å². The summed E-state index contributed by atoms with van der Waals surface area (Å²) in [6.07, 6.45) is 10.4. The van der Waals surface area contributed by atoms with Gasteiger partial charge in [-0.25, -0.2) is 9.97 Å². The minimum atomic E-state index is -0.0812. The van der Waals surface area contributed by atoms with Crippen LogP contribution in [-0.2, 0) is 19.4 Å². The highest BCUT2D eigenvalue weighted by Gasteiger charge is 2.15. The van der Waals surface area contributed by atoms with Crippen molar-refractivity contribution in [2.24, 2.45) is 0 Å². The van der Waals surface area contributed by atoms with Gasteiger partial charge in [-0.2, -0.15) is 0 Å². The second-order valence-electron chi connectivity index (χ2n) is 5.57. The van der Waals surface area contributed by atoms with Crippen molar-refractivity contribution in [2.45, 2.75) is 25.8 Å². The molecule has 3 aromatic heterocycles. The van der Waals surface area contributed by atoms with Crippen LogP contribution >= 0.6 is 11.3 Å². The topological polar surface area (TPSA) is 59.8 Å². The Morgan fingerprint density at radius 1 is 1.30 bits per heavy atom. The molecule has 0 spiro atoms. The van der Waals surface area contributed by atoms with Crippen molar-refractivity contribution >= 4 is 17.2 Å². The van der Waals surface area contributed by atoms with E-state index in [2.05, 4.69) is 21.4 Å². The number of nitrogens with one attached hydrogen (secondary N) is 1. The zero-order chi connectivity index (χ0) is 15.6. The molecule has 1 aliphatic carbocycles. The Hall–Kier alpha value is -2.47. The van der Waals surface area contributed by atoms with Crippen molar-refractivity contribution in [2.75, 3.05) is 0 Å². The molecule has 0 aliphatic heterocycles. The van der Waals surface area contributed by atoms with Gasteiger partial charge >= 0.3 is 0 Å². The normalized spacial score (nSPS) is 13.0. The van der Waals surface area contributed by atoms with E-state index in [9.17, 15) is 4.79 Å². The summed E-state index contributed by atoms with van der Waals surface area (Å²) in [5, 5.41) is 3.00. The van der Waals surface area contributed by atoms with Gasteiger partial charge in [-0.05, 0) is 43.0 Å². The lowest BCUT2D eigenvalue weighted by atomic mass is 10.2. The van der Waals surface area contributed by atoms with Crippen molar-refractivity contribution in [3.05, 3.63) is 64.0 Å². The molecular weight excluding hydrogens is 308 g/mol. The number of hydrogen-bond donors (Lipinski definition) is 1. The average molecular weight is 324 g/mol. The maximum Gasteiger partial charge on any atom is 0.251 e. The van der Waals surface area contributed by atoms with Gasteiger partial charge in [0.05, 0.1) is 6.54 Å². The summed E-state index contributed by atoms with van der Waals surface area (Å²) in [4.78, 5) is 23.3. The molecule has 23 heavy (non-hydrogen) atoms. The van der Waals surface area contributed by atoms with Crippen LogP contribution in [-0.4, -0.2) is 20.4 Å². The quantitative estimate of drug-likeness (QED) is 0.803. The first kappa shape index (κ1) is 14.1. The van der Waals surface area contributed by atoms with Crippen LogP contribution in [0.5, 0.6) is 0 Å². The third-order valence-electron chi connectivity index (χ3n) is 4.00. The Morgan fingerprint density at radius 2 is 2.26 bits per heavy atom. The molecule has 1 aliphatic rings. The summed E-state index contributed by atoms with van der Waals surface area (Å²) in [6.45, 7) is 0.583. The number of aromatic nitrogens is 3. The highest BCUT2D eigenvalue weighted by molar-refractivity contribution is 7.12. The number of nitrogens with zero attached hydrogens (tertiary/aromatic N) is 3. The second kappa shape index (κ2) is 5.96. The fraction of sp³-hybridized carbons (Fsp3) is 0.235. The molecule has 0 saturated carbocycles. The van der Waals surface area contributed by atoms with Crippen molar-refractivity contribution < 1.29 is 4.79 Å². The number of fused-ring (bicyclic) bond motifs is 1.